The molecule has 1 amide bonds. The van der Waals surface area contributed by atoms with Gasteiger partial charge in [0.25, 0.3) is 0 Å². The Balaban J connectivity index is 3.51. The first-order valence-corrected chi connectivity index (χ1v) is 9.05. The molecule has 23 heavy (non-hydrogen) atoms. The molecule has 0 heterocycles. The first-order valence-electron chi connectivity index (χ1n) is 9.05. The summed E-state index contributed by atoms with van der Waals surface area (Å²) in [6.45, 7) is 5.61. The molecule has 0 aliphatic heterocycles. The second-order valence-electron chi connectivity index (χ2n) is 5.94. The number of nitrogens with one attached hydrogen (secondary N) is 1. The van der Waals surface area contributed by atoms with Gasteiger partial charge in [-0.3, -0.25) is 0 Å². The standard InChI is InChI=1S/C19H35NO3/c1-3-4-8-13-18(2)14-9-7-10-15-20-19(22)23-17-12-6-5-11-16-21/h7,9-10,14,18,21H,3-6,8,11-13,15-17H2,1-2H3,(H,20,22)/b10-7+,14-9+. The van der Waals surface area contributed by atoms with Gasteiger partial charge in [0.15, 0.2) is 0 Å². The van der Waals surface area contributed by atoms with Crippen molar-refractivity contribution in [2.45, 2.75) is 65.2 Å². The fourth-order valence-corrected chi connectivity index (χ4v) is 2.14. The highest BCUT2D eigenvalue weighted by atomic mass is 16.5. The van der Waals surface area contributed by atoms with Gasteiger partial charge in [-0.1, -0.05) is 63.8 Å². The molecular weight excluding hydrogens is 290 g/mol. The van der Waals surface area contributed by atoms with E-state index in [9.17, 15) is 4.79 Å². The number of amides is 1. The maximum atomic E-state index is 11.4. The molecule has 1 atom stereocenters. The van der Waals surface area contributed by atoms with Crippen molar-refractivity contribution in [2.75, 3.05) is 19.8 Å². The van der Waals surface area contributed by atoms with E-state index in [4.69, 9.17) is 9.84 Å². The fourth-order valence-electron chi connectivity index (χ4n) is 2.14. The number of carbonyl (C=O) groups excluding carboxylic acids is 1. The van der Waals surface area contributed by atoms with Gasteiger partial charge >= 0.3 is 6.09 Å². The van der Waals surface area contributed by atoms with Crippen molar-refractivity contribution in [3.05, 3.63) is 24.3 Å². The lowest BCUT2D eigenvalue weighted by Crippen LogP contribution is -2.24. The zero-order valence-electron chi connectivity index (χ0n) is 14.9. The van der Waals surface area contributed by atoms with Gasteiger partial charge in [-0.05, 0) is 31.6 Å². The van der Waals surface area contributed by atoms with Crippen LogP contribution in [0.1, 0.15) is 65.2 Å². The van der Waals surface area contributed by atoms with Gasteiger partial charge in [-0.25, -0.2) is 4.79 Å². The van der Waals surface area contributed by atoms with Crippen LogP contribution in [0, 0.1) is 5.92 Å². The number of carbonyl (C=O) groups is 1. The number of hydrogen-bond acceptors (Lipinski definition) is 3. The lowest BCUT2D eigenvalue weighted by molar-refractivity contribution is 0.144. The van der Waals surface area contributed by atoms with Crippen LogP contribution in [-0.2, 0) is 4.74 Å². The van der Waals surface area contributed by atoms with Crippen molar-refractivity contribution in [3.8, 4) is 0 Å². The summed E-state index contributed by atoms with van der Waals surface area (Å²) in [4.78, 5) is 11.4. The zero-order valence-corrected chi connectivity index (χ0v) is 14.9. The van der Waals surface area contributed by atoms with E-state index in [-0.39, 0.29) is 12.7 Å². The average molecular weight is 325 g/mol. The molecule has 0 aliphatic carbocycles. The van der Waals surface area contributed by atoms with Crippen LogP contribution < -0.4 is 5.32 Å². The van der Waals surface area contributed by atoms with E-state index in [1.165, 1.54) is 25.7 Å². The van der Waals surface area contributed by atoms with Gasteiger partial charge in [0, 0.05) is 13.2 Å². The Morgan fingerprint density at radius 1 is 1.13 bits per heavy atom. The van der Waals surface area contributed by atoms with Gasteiger partial charge in [0.05, 0.1) is 6.61 Å². The number of aliphatic hydroxyl groups is 1. The summed E-state index contributed by atoms with van der Waals surface area (Å²) in [7, 11) is 0. The number of allylic oxidation sites excluding steroid dienone is 3. The van der Waals surface area contributed by atoms with Crippen molar-refractivity contribution in [3.63, 3.8) is 0 Å². The molecule has 2 N–H and O–H groups in total. The number of rotatable bonds is 14. The maximum Gasteiger partial charge on any atom is 0.407 e. The lowest BCUT2D eigenvalue weighted by atomic mass is 10.0. The Kier molecular flexibility index (Phi) is 16.1. The fraction of sp³-hybridized carbons (Fsp3) is 0.737. The summed E-state index contributed by atoms with van der Waals surface area (Å²) < 4.78 is 5.06. The highest BCUT2D eigenvalue weighted by molar-refractivity contribution is 5.67. The number of aliphatic hydroxyl groups excluding tert-OH is 1. The van der Waals surface area contributed by atoms with Crippen molar-refractivity contribution in [1.29, 1.82) is 0 Å². The number of hydrogen-bond donors (Lipinski definition) is 2. The van der Waals surface area contributed by atoms with Crippen LogP contribution in [0.3, 0.4) is 0 Å². The van der Waals surface area contributed by atoms with Crippen LogP contribution >= 0.6 is 0 Å². The summed E-state index contributed by atoms with van der Waals surface area (Å²) in [6.07, 6.45) is 16.5. The van der Waals surface area contributed by atoms with Crippen LogP contribution in [0.2, 0.25) is 0 Å². The lowest BCUT2D eigenvalue weighted by Gasteiger charge is -2.05. The van der Waals surface area contributed by atoms with E-state index < -0.39 is 0 Å². The predicted octanol–water partition coefficient (Wildman–Crippen LogP) is 4.59. The van der Waals surface area contributed by atoms with Crippen molar-refractivity contribution < 1.29 is 14.6 Å². The van der Waals surface area contributed by atoms with Gasteiger partial charge in [-0.2, -0.15) is 0 Å². The largest absolute Gasteiger partial charge is 0.450 e. The van der Waals surface area contributed by atoms with Crippen LogP contribution in [0.15, 0.2) is 24.3 Å². The predicted molar refractivity (Wildman–Crippen MR) is 96.5 cm³/mol. The van der Waals surface area contributed by atoms with Crippen LogP contribution in [0.4, 0.5) is 4.79 Å². The molecule has 0 saturated heterocycles. The summed E-state index contributed by atoms with van der Waals surface area (Å²) in [6, 6.07) is 0. The Morgan fingerprint density at radius 3 is 2.65 bits per heavy atom. The molecule has 4 nitrogen and oxygen atoms in total. The normalized spacial score (nSPS) is 12.8. The number of unbranched alkanes of at least 4 members (excludes halogenated alkanes) is 5. The SMILES string of the molecule is CCCCCC(C)/C=C/C=C/CNC(=O)OCCCCCCO. The molecule has 0 aromatic rings. The van der Waals surface area contributed by atoms with Crippen molar-refractivity contribution in [1.82, 2.24) is 5.32 Å². The molecule has 1 unspecified atom stereocenters. The highest BCUT2D eigenvalue weighted by Gasteiger charge is 1.99. The minimum Gasteiger partial charge on any atom is -0.450 e. The Bertz CT molecular complexity index is 327. The molecule has 0 saturated carbocycles. The molecule has 0 radical (unpaired) electrons. The number of ether oxygens (including phenoxy) is 1. The molecule has 0 bridgehead atoms. The van der Waals surface area contributed by atoms with Gasteiger partial charge in [0.2, 0.25) is 0 Å². The second kappa shape index (κ2) is 17.1. The molecular formula is C19H35NO3. The van der Waals surface area contributed by atoms with Gasteiger partial charge in [-0.15, -0.1) is 0 Å². The molecule has 4 heteroatoms. The van der Waals surface area contributed by atoms with E-state index in [1.54, 1.807) is 0 Å². The third kappa shape index (κ3) is 16.9. The molecule has 0 fully saturated rings. The van der Waals surface area contributed by atoms with E-state index in [2.05, 4.69) is 25.2 Å². The van der Waals surface area contributed by atoms with Crippen LogP contribution in [0.5, 0.6) is 0 Å². The van der Waals surface area contributed by atoms with E-state index in [0.29, 0.717) is 19.1 Å². The molecule has 0 aliphatic rings. The van der Waals surface area contributed by atoms with Gasteiger partial charge < -0.3 is 15.2 Å². The topological polar surface area (TPSA) is 58.6 Å². The molecule has 0 aromatic carbocycles. The minimum absolute atomic E-state index is 0.236. The first kappa shape index (κ1) is 21.7. The van der Waals surface area contributed by atoms with Gasteiger partial charge in [0.1, 0.15) is 0 Å². The van der Waals surface area contributed by atoms with Crippen molar-refractivity contribution >= 4 is 6.09 Å². The average Bonchev–Trinajstić information content (AvgIpc) is 2.54. The van der Waals surface area contributed by atoms with Crippen LogP contribution in [-0.4, -0.2) is 31.0 Å². The number of alkyl carbamates (subject to hydrolysis) is 1. The smallest absolute Gasteiger partial charge is 0.407 e. The summed E-state index contributed by atoms with van der Waals surface area (Å²) in [5.41, 5.74) is 0. The van der Waals surface area contributed by atoms with Crippen molar-refractivity contribution in [2.24, 2.45) is 5.92 Å². The molecule has 0 rings (SSSR count). The monoisotopic (exact) mass is 325 g/mol. The molecule has 0 aromatic heterocycles. The highest BCUT2D eigenvalue weighted by Crippen LogP contribution is 2.10. The Morgan fingerprint density at radius 2 is 1.91 bits per heavy atom. The summed E-state index contributed by atoms with van der Waals surface area (Å²) >= 11 is 0. The third-order valence-electron chi connectivity index (χ3n) is 3.60. The van der Waals surface area contributed by atoms with E-state index in [0.717, 1.165) is 25.7 Å². The third-order valence-corrected chi connectivity index (χ3v) is 3.60. The Hall–Kier alpha value is -1.29. The quantitative estimate of drug-likeness (QED) is 0.362. The van der Waals surface area contributed by atoms with E-state index in [1.807, 2.05) is 18.2 Å². The summed E-state index contributed by atoms with van der Waals surface area (Å²) in [5, 5.41) is 11.3. The Labute approximate surface area is 142 Å². The maximum absolute atomic E-state index is 11.4. The zero-order chi connectivity index (χ0) is 17.2. The van der Waals surface area contributed by atoms with E-state index >= 15 is 0 Å². The first-order chi connectivity index (χ1) is 11.2. The molecule has 134 valence electrons. The molecule has 0 spiro atoms. The summed E-state index contributed by atoms with van der Waals surface area (Å²) in [5.74, 6) is 0.606. The minimum atomic E-state index is -0.367. The second-order valence-corrected chi connectivity index (χ2v) is 5.94. The van der Waals surface area contributed by atoms with Crippen LogP contribution in [0.25, 0.3) is 0 Å².